The van der Waals surface area contributed by atoms with Crippen LogP contribution in [0.3, 0.4) is 0 Å². The summed E-state index contributed by atoms with van der Waals surface area (Å²) in [5.74, 6) is 1.07. The standard InChI is InChI=1S/C24H26N2O4S/c1-16-13-26(14-17(2)30-16)24-25-23(27)22(31-24)12-19-9-10-20(21(11-19)28-3)29-15-18-7-5-4-6-8-18/h4-12,16-17H,13-15H2,1-3H3/b22-12+/t16-,17+. The van der Waals surface area contributed by atoms with Crippen LogP contribution in [-0.4, -0.2) is 48.4 Å². The molecule has 4 rings (SSSR count). The van der Waals surface area contributed by atoms with Crippen molar-refractivity contribution in [3.8, 4) is 11.5 Å². The van der Waals surface area contributed by atoms with Crippen molar-refractivity contribution in [3.05, 3.63) is 64.6 Å². The highest BCUT2D eigenvalue weighted by atomic mass is 32.2. The summed E-state index contributed by atoms with van der Waals surface area (Å²) in [5, 5.41) is 0.744. The largest absolute Gasteiger partial charge is 0.493 e. The molecule has 0 saturated carbocycles. The number of morpholine rings is 1. The molecular weight excluding hydrogens is 412 g/mol. The van der Waals surface area contributed by atoms with Crippen LogP contribution in [0.5, 0.6) is 11.5 Å². The van der Waals surface area contributed by atoms with Gasteiger partial charge < -0.3 is 19.1 Å². The third kappa shape index (κ3) is 5.29. The van der Waals surface area contributed by atoms with Gasteiger partial charge >= 0.3 is 0 Å². The third-order valence-electron chi connectivity index (χ3n) is 5.02. The number of methoxy groups -OCH3 is 1. The summed E-state index contributed by atoms with van der Waals surface area (Å²) >= 11 is 1.41. The molecule has 1 fully saturated rings. The van der Waals surface area contributed by atoms with E-state index in [2.05, 4.69) is 9.89 Å². The van der Waals surface area contributed by atoms with Crippen molar-refractivity contribution < 1.29 is 19.0 Å². The Morgan fingerprint density at radius 2 is 1.87 bits per heavy atom. The van der Waals surface area contributed by atoms with Gasteiger partial charge in [-0.25, -0.2) is 0 Å². The van der Waals surface area contributed by atoms with E-state index in [1.165, 1.54) is 11.8 Å². The maximum absolute atomic E-state index is 12.5. The predicted octanol–water partition coefficient (Wildman–Crippen LogP) is 4.35. The Kier molecular flexibility index (Phi) is 6.63. The second-order valence-corrected chi connectivity index (χ2v) is 8.67. The maximum Gasteiger partial charge on any atom is 0.286 e. The molecule has 6 nitrogen and oxygen atoms in total. The van der Waals surface area contributed by atoms with Gasteiger partial charge in [-0.05, 0) is 54.9 Å². The van der Waals surface area contributed by atoms with Crippen molar-refractivity contribution in [1.29, 1.82) is 0 Å². The van der Waals surface area contributed by atoms with Crippen LogP contribution < -0.4 is 9.47 Å². The molecule has 0 unspecified atom stereocenters. The molecule has 162 valence electrons. The molecule has 0 N–H and O–H groups in total. The van der Waals surface area contributed by atoms with E-state index in [1.54, 1.807) is 7.11 Å². The van der Waals surface area contributed by atoms with E-state index in [-0.39, 0.29) is 18.1 Å². The minimum absolute atomic E-state index is 0.114. The van der Waals surface area contributed by atoms with E-state index in [9.17, 15) is 4.79 Å². The van der Waals surface area contributed by atoms with Crippen molar-refractivity contribution >= 4 is 28.9 Å². The second-order valence-electron chi connectivity index (χ2n) is 7.66. The molecule has 0 spiro atoms. The lowest BCUT2D eigenvalue weighted by atomic mass is 10.2. The molecule has 2 aliphatic rings. The van der Waals surface area contributed by atoms with Gasteiger partial charge in [0.15, 0.2) is 16.7 Å². The molecule has 2 aliphatic heterocycles. The summed E-state index contributed by atoms with van der Waals surface area (Å²) in [6.45, 7) is 6.00. The van der Waals surface area contributed by atoms with Crippen LogP contribution in [0.1, 0.15) is 25.0 Å². The van der Waals surface area contributed by atoms with Crippen LogP contribution in [-0.2, 0) is 16.1 Å². The van der Waals surface area contributed by atoms with Gasteiger partial charge in [-0.1, -0.05) is 36.4 Å². The first-order valence-electron chi connectivity index (χ1n) is 10.3. The highest BCUT2D eigenvalue weighted by Gasteiger charge is 2.31. The number of amides is 1. The number of carbonyl (C=O) groups is 1. The van der Waals surface area contributed by atoms with Gasteiger partial charge in [0.05, 0.1) is 24.2 Å². The molecule has 7 heteroatoms. The second kappa shape index (κ2) is 9.58. The average Bonchev–Trinajstić information content (AvgIpc) is 3.13. The lowest BCUT2D eigenvalue weighted by Gasteiger charge is -2.35. The normalized spacial score (nSPS) is 22.5. The summed E-state index contributed by atoms with van der Waals surface area (Å²) in [6, 6.07) is 15.6. The number of carbonyl (C=O) groups excluding carboxylic acids is 1. The van der Waals surface area contributed by atoms with Crippen molar-refractivity contribution in [2.75, 3.05) is 20.2 Å². The number of hydrogen-bond donors (Lipinski definition) is 0. The fourth-order valence-corrected chi connectivity index (χ4v) is 4.58. The molecule has 0 bridgehead atoms. The van der Waals surface area contributed by atoms with Gasteiger partial charge in [-0.3, -0.25) is 4.79 Å². The van der Waals surface area contributed by atoms with Crippen molar-refractivity contribution in [3.63, 3.8) is 0 Å². The number of amidine groups is 1. The Hall–Kier alpha value is -2.77. The van der Waals surface area contributed by atoms with Gasteiger partial charge in [-0.2, -0.15) is 4.99 Å². The summed E-state index contributed by atoms with van der Waals surface area (Å²) in [6.07, 6.45) is 2.08. The van der Waals surface area contributed by atoms with Crippen LogP contribution in [0, 0.1) is 0 Å². The number of thioether (sulfide) groups is 1. The van der Waals surface area contributed by atoms with Gasteiger partial charge in [-0.15, -0.1) is 0 Å². The molecule has 0 aliphatic carbocycles. The maximum atomic E-state index is 12.5. The van der Waals surface area contributed by atoms with Crippen molar-refractivity contribution in [1.82, 2.24) is 4.90 Å². The van der Waals surface area contributed by atoms with Crippen molar-refractivity contribution in [2.24, 2.45) is 4.99 Å². The fraction of sp³-hybridized carbons (Fsp3) is 0.333. The van der Waals surface area contributed by atoms with E-state index >= 15 is 0 Å². The molecule has 0 radical (unpaired) electrons. The Labute approximate surface area is 186 Å². The average molecular weight is 439 g/mol. The number of ether oxygens (including phenoxy) is 3. The van der Waals surface area contributed by atoms with E-state index in [4.69, 9.17) is 14.2 Å². The zero-order valence-corrected chi connectivity index (χ0v) is 18.7. The van der Waals surface area contributed by atoms with E-state index in [1.807, 2.05) is 68.5 Å². The van der Waals surface area contributed by atoms with Crippen LogP contribution in [0.25, 0.3) is 6.08 Å². The van der Waals surface area contributed by atoms with Crippen molar-refractivity contribution in [2.45, 2.75) is 32.7 Å². The summed E-state index contributed by atoms with van der Waals surface area (Å²) in [4.78, 5) is 19.5. The first-order chi connectivity index (χ1) is 15.0. The van der Waals surface area contributed by atoms with Crippen LogP contribution in [0.15, 0.2) is 58.4 Å². The summed E-state index contributed by atoms with van der Waals surface area (Å²) < 4.78 is 17.2. The lowest BCUT2D eigenvalue weighted by Crippen LogP contribution is -2.47. The predicted molar refractivity (Wildman–Crippen MR) is 123 cm³/mol. The molecule has 31 heavy (non-hydrogen) atoms. The first-order valence-corrected chi connectivity index (χ1v) is 11.1. The number of rotatable bonds is 5. The quantitative estimate of drug-likeness (QED) is 0.647. The molecule has 2 heterocycles. The minimum atomic E-state index is -0.213. The summed E-state index contributed by atoms with van der Waals surface area (Å²) in [5.41, 5.74) is 1.94. The monoisotopic (exact) mass is 438 g/mol. The Morgan fingerprint density at radius 3 is 2.58 bits per heavy atom. The molecule has 2 aromatic rings. The van der Waals surface area contributed by atoms with E-state index in [0.29, 0.717) is 23.0 Å². The molecule has 2 aromatic carbocycles. The topological polar surface area (TPSA) is 60.4 Å². The highest BCUT2D eigenvalue weighted by molar-refractivity contribution is 8.18. The third-order valence-corrected chi connectivity index (χ3v) is 6.07. The first kappa shape index (κ1) is 21.5. The lowest BCUT2D eigenvalue weighted by molar-refractivity contribution is -0.113. The van der Waals surface area contributed by atoms with Gasteiger partial charge in [0.25, 0.3) is 5.91 Å². The zero-order valence-electron chi connectivity index (χ0n) is 17.9. The van der Waals surface area contributed by atoms with Gasteiger partial charge in [0.2, 0.25) is 0 Å². The highest BCUT2D eigenvalue weighted by Crippen LogP contribution is 2.34. The number of aliphatic imine (C=N–C) groups is 1. The number of hydrogen-bond acceptors (Lipinski definition) is 6. The molecular formula is C24H26N2O4S. The Morgan fingerprint density at radius 1 is 1.13 bits per heavy atom. The van der Waals surface area contributed by atoms with Gasteiger partial charge in [0.1, 0.15) is 6.61 Å². The zero-order chi connectivity index (χ0) is 21.8. The van der Waals surface area contributed by atoms with Crippen LogP contribution in [0.4, 0.5) is 0 Å². The SMILES string of the molecule is COc1cc(/C=C2/SC(N3C[C@@H](C)O[C@@H](C)C3)=NC2=O)ccc1OCc1ccccc1. The van der Waals surface area contributed by atoms with Crippen LogP contribution in [0.2, 0.25) is 0 Å². The summed E-state index contributed by atoms with van der Waals surface area (Å²) in [7, 11) is 1.61. The molecule has 1 saturated heterocycles. The van der Waals surface area contributed by atoms with Gasteiger partial charge in [0, 0.05) is 13.1 Å². The van der Waals surface area contributed by atoms with E-state index < -0.39 is 0 Å². The van der Waals surface area contributed by atoms with Crippen LogP contribution >= 0.6 is 11.8 Å². The fourth-order valence-electron chi connectivity index (χ4n) is 3.65. The minimum Gasteiger partial charge on any atom is -0.493 e. The number of nitrogens with zero attached hydrogens (tertiary/aromatic N) is 2. The smallest absolute Gasteiger partial charge is 0.286 e. The number of benzene rings is 2. The molecule has 2 atom stereocenters. The Bertz CT molecular complexity index is 996. The molecule has 1 amide bonds. The Balaban J connectivity index is 1.45. The molecule has 0 aromatic heterocycles. The van der Waals surface area contributed by atoms with E-state index in [0.717, 1.165) is 29.4 Å².